The summed E-state index contributed by atoms with van der Waals surface area (Å²) in [7, 11) is 0. The number of ether oxygens (including phenoxy) is 1. The number of likely N-dealkylation sites (tertiary alicyclic amines) is 2. The van der Waals surface area contributed by atoms with Crippen molar-refractivity contribution in [2.24, 2.45) is 0 Å². The Kier molecular flexibility index (Phi) is 7.59. The molecule has 6 heteroatoms. The van der Waals surface area contributed by atoms with Crippen LogP contribution in [0.15, 0.2) is 30.3 Å². The van der Waals surface area contributed by atoms with Crippen molar-refractivity contribution < 1.29 is 19.7 Å². The maximum absolute atomic E-state index is 11.8. The summed E-state index contributed by atoms with van der Waals surface area (Å²) < 4.78 is 5.29. The molecule has 0 saturated carbocycles. The fourth-order valence-electron chi connectivity index (χ4n) is 4.47. The lowest BCUT2D eigenvalue weighted by molar-refractivity contribution is -0.0792. The standard InChI is InChI=1S/C13H19NO.C11H21NO3/c1-13(2)8-12(10-15)14(13)9-11-6-4-3-5-7-11;1-10(2,3)15-9(14)12-8(7-13)6-11(12,4)5/h3-7,12,15H,8-10H2,1-2H3;8,13H,6-7H2,1-5H3. The third kappa shape index (κ3) is 5.96. The van der Waals surface area contributed by atoms with E-state index in [0.29, 0.717) is 6.04 Å². The predicted molar refractivity (Wildman–Crippen MR) is 119 cm³/mol. The van der Waals surface area contributed by atoms with Crippen LogP contribution in [0.3, 0.4) is 0 Å². The molecule has 2 aliphatic rings. The van der Waals surface area contributed by atoms with Crippen molar-refractivity contribution in [1.29, 1.82) is 0 Å². The average Bonchev–Trinajstić information content (AvgIpc) is 2.62. The van der Waals surface area contributed by atoms with E-state index in [1.54, 1.807) is 4.90 Å². The number of aliphatic hydroxyl groups excluding tert-OH is 2. The lowest BCUT2D eigenvalue weighted by Crippen LogP contribution is -2.66. The van der Waals surface area contributed by atoms with E-state index in [9.17, 15) is 9.90 Å². The maximum Gasteiger partial charge on any atom is 0.411 e. The first-order valence-corrected chi connectivity index (χ1v) is 10.9. The molecule has 0 bridgehead atoms. The summed E-state index contributed by atoms with van der Waals surface area (Å²) in [5.41, 5.74) is 0.880. The zero-order valence-corrected chi connectivity index (χ0v) is 19.7. The topological polar surface area (TPSA) is 73.2 Å². The van der Waals surface area contributed by atoms with Gasteiger partial charge in [0.15, 0.2) is 0 Å². The highest BCUT2D eigenvalue weighted by atomic mass is 16.6. The quantitative estimate of drug-likeness (QED) is 0.775. The highest BCUT2D eigenvalue weighted by molar-refractivity contribution is 5.71. The fraction of sp³-hybridized carbons (Fsp3) is 0.708. The van der Waals surface area contributed by atoms with Crippen molar-refractivity contribution in [2.45, 2.75) is 96.6 Å². The molecule has 1 aromatic carbocycles. The van der Waals surface area contributed by atoms with Gasteiger partial charge in [-0.05, 0) is 66.9 Å². The van der Waals surface area contributed by atoms with Crippen LogP contribution in [-0.4, -0.2) is 68.1 Å². The van der Waals surface area contributed by atoms with Crippen molar-refractivity contribution in [1.82, 2.24) is 9.80 Å². The molecule has 0 aliphatic carbocycles. The molecule has 3 rings (SSSR count). The number of carbonyl (C=O) groups is 1. The summed E-state index contributed by atoms with van der Waals surface area (Å²) in [4.78, 5) is 15.8. The number of aliphatic hydroxyl groups is 2. The summed E-state index contributed by atoms with van der Waals surface area (Å²) in [6.07, 6.45) is 1.58. The number of amides is 1. The minimum absolute atomic E-state index is 0.00265. The predicted octanol–water partition coefficient (Wildman–Crippen LogP) is 3.80. The minimum Gasteiger partial charge on any atom is -0.444 e. The first-order chi connectivity index (χ1) is 13.8. The van der Waals surface area contributed by atoms with E-state index >= 15 is 0 Å². The fourth-order valence-corrected chi connectivity index (χ4v) is 4.47. The largest absolute Gasteiger partial charge is 0.444 e. The van der Waals surface area contributed by atoms with E-state index in [2.05, 4.69) is 43.0 Å². The van der Waals surface area contributed by atoms with Gasteiger partial charge in [0.05, 0.1) is 19.3 Å². The maximum atomic E-state index is 11.8. The molecule has 2 aliphatic heterocycles. The van der Waals surface area contributed by atoms with E-state index in [0.717, 1.165) is 19.4 Å². The number of nitrogens with zero attached hydrogens (tertiary/aromatic N) is 2. The lowest BCUT2D eigenvalue weighted by Gasteiger charge is -2.54. The molecule has 2 heterocycles. The molecule has 0 radical (unpaired) electrons. The Morgan fingerprint density at radius 3 is 1.97 bits per heavy atom. The third-order valence-electron chi connectivity index (χ3n) is 5.91. The molecule has 1 amide bonds. The van der Waals surface area contributed by atoms with Crippen molar-refractivity contribution in [2.75, 3.05) is 13.2 Å². The Bertz CT molecular complexity index is 697. The Morgan fingerprint density at radius 2 is 1.53 bits per heavy atom. The smallest absolute Gasteiger partial charge is 0.411 e. The van der Waals surface area contributed by atoms with Gasteiger partial charge in [0.1, 0.15) is 5.60 Å². The number of rotatable bonds is 4. The number of hydrogen-bond acceptors (Lipinski definition) is 5. The monoisotopic (exact) mass is 420 g/mol. The van der Waals surface area contributed by atoms with Crippen molar-refractivity contribution in [3.63, 3.8) is 0 Å². The molecular formula is C24H40N2O4. The summed E-state index contributed by atoms with van der Waals surface area (Å²) in [5.74, 6) is 0. The van der Waals surface area contributed by atoms with Crippen molar-refractivity contribution >= 4 is 6.09 Å². The second kappa shape index (κ2) is 9.25. The van der Waals surface area contributed by atoms with Gasteiger partial charge >= 0.3 is 6.09 Å². The SMILES string of the molecule is CC(C)(C)OC(=O)N1C(CO)CC1(C)C.CC1(C)CC(CO)N1Cc1ccccc1. The molecule has 2 N–H and O–H groups in total. The first-order valence-electron chi connectivity index (χ1n) is 10.9. The number of hydrogen-bond donors (Lipinski definition) is 2. The van der Waals surface area contributed by atoms with Gasteiger partial charge in [0.25, 0.3) is 0 Å². The first kappa shape index (κ1) is 24.6. The third-order valence-corrected chi connectivity index (χ3v) is 5.91. The van der Waals surface area contributed by atoms with E-state index in [1.807, 2.05) is 40.7 Å². The normalized spacial score (nSPS) is 24.8. The Balaban J connectivity index is 0.000000214. The molecule has 2 saturated heterocycles. The average molecular weight is 421 g/mol. The molecule has 170 valence electrons. The number of carbonyl (C=O) groups excluding carboxylic acids is 1. The summed E-state index contributed by atoms with van der Waals surface area (Å²) in [6.45, 7) is 15.2. The van der Waals surface area contributed by atoms with Crippen molar-refractivity contribution in [3.8, 4) is 0 Å². The molecule has 2 unspecified atom stereocenters. The van der Waals surface area contributed by atoms with Gasteiger partial charge in [0.2, 0.25) is 0 Å². The second-order valence-electron chi connectivity index (χ2n) is 10.7. The summed E-state index contributed by atoms with van der Waals surface area (Å²) in [6, 6.07) is 10.7. The van der Waals surface area contributed by atoms with Crippen LogP contribution < -0.4 is 0 Å². The zero-order chi connectivity index (χ0) is 22.7. The molecule has 1 aromatic rings. The van der Waals surface area contributed by atoms with Crippen LogP contribution >= 0.6 is 0 Å². The van der Waals surface area contributed by atoms with E-state index in [4.69, 9.17) is 9.84 Å². The molecular weight excluding hydrogens is 380 g/mol. The van der Waals surface area contributed by atoms with Gasteiger partial charge in [-0.25, -0.2) is 4.79 Å². The van der Waals surface area contributed by atoms with Crippen LogP contribution in [0, 0.1) is 0 Å². The molecule has 2 fully saturated rings. The molecule has 2 atom stereocenters. The Hall–Kier alpha value is -1.63. The zero-order valence-electron chi connectivity index (χ0n) is 19.7. The van der Waals surface area contributed by atoms with Crippen molar-refractivity contribution in [3.05, 3.63) is 35.9 Å². The van der Waals surface area contributed by atoms with E-state index in [-0.39, 0.29) is 36.4 Å². The van der Waals surface area contributed by atoms with Gasteiger partial charge in [-0.2, -0.15) is 0 Å². The van der Waals surface area contributed by atoms with Gasteiger partial charge in [-0.1, -0.05) is 30.3 Å². The highest BCUT2D eigenvalue weighted by Gasteiger charge is 2.49. The minimum atomic E-state index is -0.483. The van der Waals surface area contributed by atoms with Gasteiger partial charge in [-0.3, -0.25) is 9.80 Å². The molecule has 30 heavy (non-hydrogen) atoms. The van der Waals surface area contributed by atoms with Gasteiger partial charge in [-0.15, -0.1) is 0 Å². The lowest BCUT2D eigenvalue weighted by atomic mass is 9.81. The van der Waals surface area contributed by atoms with Crippen LogP contribution in [0.25, 0.3) is 0 Å². The van der Waals surface area contributed by atoms with E-state index in [1.165, 1.54) is 5.56 Å². The van der Waals surface area contributed by atoms with Crippen LogP contribution in [0.4, 0.5) is 4.79 Å². The highest BCUT2D eigenvalue weighted by Crippen LogP contribution is 2.37. The molecule has 0 aromatic heterocycles. The second-order valence-corrected chi connectivity index (χ2v) is 10.7. The van der Waals surface area contributed by atoms with Crippen LogP contribution in [0.5, 0.6) is 0 Å². The van der Waals surface area contributed by atoms with Gasteiger partial charge in [0, 0.05) is 23.7 Å². The van der Waals surface area contributed by atoms with Gasteiger partial charge < -0.3 is 14.9 Å². The van der Waals surface area contributed by atoms with Crippen LogP contribution in [0.2, 0.25) is 0 Å². The summed E-state index contributed by atoms with van der Waals surface area (Å²) in [5, 5.41) is 18.3. The number of benzene rings is 1. The van der Waals surface area contributed by atoms with Crippen LogP contribution in [0.1, 0.15) is 66.9 Å². The Morgan fingerprint density at radius 1 is 1.00 bits per heavy atom. The molecule has 6 nitrogen and oxygen atoms in total. The summed E-state index contributed by atoms with van der Waals surface area (Å²) >= 11 is 0. The Labute approximate surface area is 181 Å². The van der Waals surface area contributed by atoms with E-state index < -0.39 is 5.60 Å². The van der Waals surface area contributed by atoms with Crippen LogP contribution in [-0.2, 0) is 11.3 Å². The molecule has 0 spiro atoms.